The second kappa shape index (κ2) is 3.27. The van der Waals surface area contributed by atoms with Crippen LogP contribution < -0.4 is 0 Å². The van der Waals surface area contributed by atoms with Gasteiger partial charge in [0.25, 0.3) is 0 Å². The Morgan fingerprint density at radius 2 is 2.33 bits per heavy atom. The van der Waals surface area contributed by atoms with E-state index in [2.05, 4.69) is 10.2 Å². The summed E-state index contributed by atoms with van der Waals surface area (Å²) in [5, 5.41) is 10.8. The number of hydrogen-bond donors (Lipinski definition) is 1. The topological polar surface area (TPSA) is 79.6 Å². The summed E-state index contributed by atoms with van der Waals surface area (Å²) in [5.74, 6) is -1.26. The van der Waals surface area contributed by atoms with Gasteiger partial charge < -0.3 is 5.11 Å². The fraction of sp³-hybridized carbons (Fsp3) is 0. The van der Waals surface area contributed by atoms with E-state index in [1.54, 1.807) is 0 Å². The quantitative estimate of drug-likeness (QED) is 0.564. The van der Waals surface area contributed by atoms with E-state index < -0.39 is 5.97 Å². The number of rotatable bonds is 2. The summed E-state index contributed by atoms with van der Waals surface area (Å²) < 4.78 is 0. The van der Waals surface area contributed by atoms with Crippen molar-refractivity contribution in [2.24, 2.45) is 5.18 Å². The predicted molar refractivity (Wildman–Crippen MR) is 41.7 cm³/mol. The maximum absolute atomic E-state index is 10.4. The number of carbonyl (C=O) groups is 1. The summed E-state index contributed by atoms with van der Waals surface area (Å²) in [7, 11) is 0. The third kappa shape index (κ3) is 1.40. The molecule has 0 saturated heterocycles. The fourth-order valence-electron chi connectivity index (χ4n) is 0.688. The van der Waals surface area contributed by atoms with Gasteiger partial charge >= 0.3 is 5.97 Å². The second-order valence-corrected chi connectivity index (χ2v) is 2.25. The molecule has 0 aliphatic carbocycles. The zero-order valence-corrected chi connectivity index (χ0v) is 6.45. The number of hydrogen-bond acceptors (Lipinski definition) is 4. The Morgan fingerprint density at radius 1 is 1.67 bits per heavy atom. The number of nitroso groups, excluding NO2 is 1. The Balaban J connectivity index is 3.37. The van der Waals surface area contributed by atoms with Crippen LogP contribution in [-0.2, 0) is 0 Å². The van der Waals surface area contributed by atoms with Crippen molar-refractivity contribution in [3.63, 3.8) is 0 Å². The van der Waals surface area contributed by atoms with Crippen molar-refractivity contribution in [2.75, 3.05) is 0 Å². The highest BCUT2D eigenvalue weighted by Gasteiger charge is 2.14. The van der Waals surface area contributed by atoms with Crippen molar-refractivity contribution >= 4 is 23.3 Å². The molecule has 0 bridgehead atoms. The standard InChI is InChI=1S/C6H3ClN2O3/c7-5-4(9-12)3(6(10)11)1-2-8-5/h1-2H,(H,10,11). The van der Waals surface area contributed by atoms with Crippen molar-refractivity contribution in [3.8, 4) is 0 Å². The maximum atomic E-state index is 10.4. The van der Waals surface area contributed by atoms with Crippen LogP contribution in [0.1, 0.15) is 10.4 Å². The molecule has 6 heteroatoms. The summed E-state index contributed by atoms with van der Waals surface area (Å²) in [5.41, 5.74) is -0.586. The lowest BCUT2D eigenvalue weighted by atomic mass is 10.2. The Morgan fingerprint density at radius 3 is 2.75 bits per heavy atom. The molecule has 0 saturated carbocycles. The van der Waals surface area contributed by atoms with E-state index in [1.165, 1.54) is 6.20 Å². The first-order valence-electron chi connectivity index (χ1n) is 2.88. The van der Waals surface area contributed by atoms with Gasteiger partial charge in [-0.05, 0) is 11.2 Å². The molecule has 0 spiro atoms. The SMILES string of the molecule is O=Nc1c(C(=O)O)ccnc1Cl. The zero-order valence-electron chi connectivity index (χ0n) is 5.69. The number of pyridine rings is 1. The fourth-order valence-corrected chi connectivity index (χ4v) is 0.881. The lowest BCUT2D eigenvalue weighted by Crippen LogP contribution is -1.97. The molecule has 0 aliphatic rings. The van der Waals surface area contributed by atoms with Gasteiger partial charge in [-0.3, -0.25) is 0 Å². The summed E-state index contributed by atoms with van der Waals surface area (Å²) in [6.45, 7) is 0. The van der Waals surface area contributed by atoms with Gasteiger partial charge in [-0.2, -0.15) is 0 Å². The number of aromatic nitrogens is 1. The molecule has 1 N–H and O–H groups in total. The molecule has 0 amide bonds. The maximum Gasteiger partial charge on any atom is 0.338 e. The number of carboxylic acid groups (broad SMARTS) is 1. The number of halogens is 1. The van der Waals surface area contributed by atoms with Crippen LogP contribution in [0.4, 0.5) is 5.69 Å². The van der Waals surface area contributed by atoms with E-state index in [9.17, 15) is 9.70 Å². The minimum atomic E-state index is -1.26. The van der Waals surface area contributed by atoms with Crippen molar-refractivity contribution in [1.29, 1.82) is 0 Å². The number of carboxylic acids is 1. The third-order valence-electron chi connectivity index (χ3n) is 1.20. The molecule has 1 aromatic rings. The lowest BCUT2D eigenvalue weighted by molar-refractivity contribution is 0.0697. The number of nitrogens with zero attached hydrogens (tertiary/aromatic N) is 2. The normalized spacial score (nSPS) is 9.42. The molecule has 62 valence electrons. The van der Waals surface area contributed by atoms with Gasteiger partial charge in [-0.1, -0.05) is 11.6 Å². The second-order valence-electron chi connectivity index (χ2n) is 1.89. The van der Waals surface area contributed by atoms with Crippen molar-refractivity contribution in [2.45, 2.75) is 0 Å². The molecule has 12 heavy (non-hydrogen) atoms. The van der Waals surface area contributed by atoms with Gasteiger partial charge in [0.15, 0.2) is 10.8 Å². The number of aromatic carboxylic acids is 1. The van der Waals surface area contributed by atoms with Gasteiger partial charge in [0.2, 0.25) is 0 Å². The largest absolute Gasteiger partial charge is 0.478 e. The highest BCUT2D eigenvalue weighted by Crippen LogP contribution is 2.26. The first kappa shape index (κ1) is 8.61. The highest BCUT2D eigenvalue weighted by atomic mass is 35.5. The summed E-state index contributed by atoms with van der Waals surface area (Å²) >= 11 is 5.41. The average Bonchev–Trinajstić information content (AvgIpc) is 2.03. The molecular weight excluding hydrogens is 184 g/mol. The lowest BCUT2D eigenvalue weighted by Gasteiger charge is -1.97. The van der Waals surface area contributed by atoms with E-state index in [1.807, 2.05) is 0 Å². The Hall–Kier alpha value is -1.49. The van der Waals surface area contributed by atoms with Crippen LogP contribution in [0.5, 0.6) is 0 Å². The minimum absolute atomic E-state index is 0.204. The van der Waals surface area contributed by atoms with E-state index in [-0.39, 0.29) is 16.4 Å². The molecule has 0 atom stereocenters. The van der Waals surface area contributed by atoms with Gasteiger partial charge in [-0.25, -0.2) is 9.78 Å². The first-order valence-corrected chi connectivity index (χ1v) is 3.25. The smallest absolute Gasteiger partial charge is 0.338 e. The van der Waals surface area contributed by atoms with Crippen molar-refractivity contribution in [1.82, 2.24) is 4.98 Å². The Bertz CT molecular complexity index is 340. The van der Waals surface area contributed by atoms with Gasteiger partial charge in [0.05, 0.1) is 5.56 Å². The van der Waals surface area contributed by atoms with Crippen LogP contribution in [0.2, 0.25) is 5.15 Å². The van der Waals surface area contributed by atoms with E-state index in [0.29, 0.717) is 0 Å². The molecule has 1 rings (SSSR count). The molecule has 0 unspecified atom stereocenters. The van der Waals surface area contributed by atoms with Gasteiger partial charge in [0, 0.05) is 6.20 Å². The van der Waals surface area contributed by atoms with E-state index in [4.69, 9.17) is 16.7 Å². The summed E-state index contributed by atoms with van der Waals surface area (Å²) in [6, 6.07) is 1.16. The highest BCUT2D eigenvalue weighted by molar-refractivity contribution is 6.32. The third-order valence-corrected chi connectivity index (χ3v) is 1.48. The van der Waals surface area contributed by atoms with Crippen molar-refractivity contribution in [3.05, 3.63) is 27.9 Å². The molecule has 0 aromatic carbocycles. The van der Waals surface area contributed by atoms with Crippen LogP contribution in [-0.4, -0.2) is 16.1 Å². The van der Waals surface area contributed by atoms with Crippen LogP contribution in [0.15, 0.2) is 17.4 Å². The van der Waals surface area contributed by atoms with E-state index in [0.717, 1.165) is 6.07 Å². The summed E-state index contributed by atoms with van der Waals surface area (Å²) in [4.78, 5) is 24.1. The Kier molecular flexibility index (Phi) is 2.35. The molecular formula is C6H3ClN2O3. The van der Waals surface area contributed by atoms with Crippen molar-refractivity contribution < 1.29 is 9.90 Å². The van der Waals surface area contributed by atoms with Gasteiger partial charge in [0.1, 0.15) is 0 Å². The van der Waals surface area contributed by atoms with Crippen LogP contribution in [0.25, 0.3) is 0 Å². The molecule has 0 radical (unpaired) electrons. The average molecular weight is 187 g/mol. The van der Waals surface area contributed by atoms with Crippen LogP contribution in [0.3, 0.4) is 0 Å². The minimum Gasteiger partial charge on any atom is -0.478 e. The van der Waals surface area contributed by atoms with Crippen LogP contribution >= 0.6 is 11.6 Å². The molecule has 0 aliphatic heterocycles. The van der Waals surface area contributed by atoms with Gasteiger partial charge in [-0.15, -0.1) is 4.91 Å². The first-order chi connectivity index (χ1) is 5.66. The van der Waals surface area contributed by atoms with Crippen LogP contribution in [0, 0.1) is 4.91 Å². The molecule has 1 aromatic heterocycles. The monoisotopic (exact) mass is 186 g/mol. The summed E-state index contributed by atoms with van der Waals surface area (Å²) in [6.07, 6.45) is 1.19. The Labute approximate surface area is 72.0 Å². The zero-order chi connectivity index (χ0) is 9.14. The molecule has 1 heterocycles. The molecule has 0 fully saturated rings. The molecule has 5 nitrogen and oxygen atoms in total. The van der Waals surface area contributed by atoms with E-state index >= 15 is 0 Å². The predicted octanol–water partition coefficient (Wildman–Crippen LogP) is 1.83.